The minimum absolute atomic E-state index is 0.576. The van der Waals surface area contributed by atoms with E-state index < -0.39 is 10.9 Å². The lowest BCUT2D eigenvalue weighted by Crippen LogP contribution is -2.19. The molecule has 0 amide bonds. The molecule has 1 heterocycles. The van der Waals surface area contributed by atoms with Crippen molar-refractivity contribution in [2.75, 3.05) is 0 Å². The lowest BCUT2D eigenvalue weighted by molar-refractivity contribution is -0.113. The summed E-state index contributed by atoms with van der Waals surface area (Å²) in [7, 11) is 0. The van der Waals surface area contributed by atoms with Gasteiger partial charge in [-0.15, -0.1) is 22.9 Å². The predicted molar refractivity (Wildman–Crippen MR) is 45.9 cm³/mol. The number of hydrogen-bond donors (Lipinski definition) is 0. The molecule has 0 saturated heterocycles. The molecule has 1 aromatic rings. The number of hydrogen-bond acceptors (Lipinski definition) is 2. The van der Waals surface area contributed by atoms with E-state index in [0.29, 0.717) is 16.0 Å². The smallest absolute Gasteiger partial charge is 0.168 e. The Morgan fingerprint density at radius 3 is 2.58 bits per heavy atom. The highest BCUT2D eigenvalue weighted by Crippen LogP contribution is 2.39. The number of rotatable bonds is 2. The molecule has 68 valence electrons. The van der Waals surface area contributed by atoms with Crippen LogP contribution in [0.15, 0.2) is 21.7 Å². The van der Waals surface area contributed by atoms with Crippen LogP contribution in [0.25, 0.3) is 0 Å². The lowest BCUT2D eigenvalue weighted by atomic mass is 10.7. The van der Waals surface area contributed by atoms with Crippen LogP contribution in [0.2, 0.25) is 0 Å². The average molecular weight is 233 g/mol. The molecule has 1 rings (SSSR count). The number of thiophene rings is 1. The molecule has 0 bridgehead atoms. The molecular weight excluding hydrogens is 229 g/mol. The van der Waals surface area contributed by atoms with Gasteiger partial charge in [0.15, 0.2) is 4.71 Å². The Morgan fingerprint density at radius 1 is 1.50 bits per heavy atom. The molecule has 12 heavy (non-hydrogen) atoms. The Balaban J connectivity index is 2.53. The number of halogens is 4. The fraction of sp³-hybridized carbons (Fsp3) is 0.333. The van der Waals surface area contributed by atoms with E-state index in [2.05, 4.69) is 0 Å². The minimum atomic E-state index is -4.34. The molecule has 0 aromatic carbocycles. The monoisotopic (exact) mass is 232 g/mol. The summed E-state index contributed by atoms with van der Waals surface area (Å²) in [5, 5.41) is 1.71. The Bertz CT molecular complexity index is 231. The molecule has 1 atom stereocenters. The highest BCUT2D eigenvalue weighted by Gasteiger charge is 2.39. The van der Waals surface area contributed by atoms with Crippen molar-refractivity contribution in [2.24, 2.45) is 0 Å². The first kappa shape index (κ1) is 10.2. The summed E-state index contributed by atoms with van der Waals surface area (Å²) in [5.41, 5.74) is 0. The summed E-state index contributed by atoms with van der Waals surface area (Å²) in [6, 6.07) is 3.30. The molecule has 0 fully saturated rings. The second-order valence-electron chi connectivity index (χ2n) is 1.91. The molecule has 6 heteroatoms. The maximum Gasteiger partial charge on any atom is 0.414 e. The third-order valence-corrected chi connectivity index (χ3v) is 3.57. The quantitative estimate of drug-likeness (QED) is 0.549. The first-order chi connectivity index (χ1) is 5.50. The van der Waals surface area contributed by atoms with Crippen molar-refractivity contribution in [3.8, 4) is 0 Å². The highest BCUT2D eigenvalue weighted by atomic mass is 35.5. The third kappa shape index (κ3) is 2.88. The van der Waals surface area contributed by atoms with E-state index in [0.717, 1.165) is 0 Å². The SMILES string of the molecule is FC(F)(F)C(Cl)Sc1cccs1. The van der Waals surface area contributed by atoms with Crippen molar-refractivity contribution in [1.82, 2.24) is 0 Å². The highest BCUT2D eigenvalue weighted by molar-refractivity contribution is 8.02. The second-order valence-corrected chi connectivity index (χ2v) is 4.96. The van der Waals surface area contributed by atoms with Crippen molar-refractivity contribution in [2.45, 2.75) is 15.1 Å². The van der Waals surface area contributed by atoms with Crippen LogP contribution in [0.1, 0.15) is 0 Å². The van der Waals surface area contributed by atoms with Gasteiger partial charge in [0.1, 0.15) is 0 Å². The van der Waals surface area contributed by atoms with E-state index in [9.17, 15) is 13.2 Å². The van der Waals surface area contributed by atoms with Crippen LogP contribution in [0, 0.1) is 0 Å². The largest absolute Gasteiger partial charge is 0.414 e. The van der Waals surface area contributed by atoms with Crippen molar-refractivity contribution >= 4 is 34.7 Å². The van der Waals surface area contributed by atoms with Gasteiger partial charge >= 0.3 is 6.18 Å². The van der Waals surface area contributed by atoms with Crippen LogP contribution in [0.3, 0.4) is 0 Å². The Hall–Kier alpha value is 0.130. The van der Waals surface area contributed by atoms with Gasteiger partial charge in [-0.25, -0.2) is 0 Å². The first-order valence-corrected chi connectivity index (χ1v) is 5.10. The van der Waals surface area contributed by atoms with E-state index in [1.807, 2.05) is 0 Å². The maximum atomic E-state index is 11.9. The predicted octanol–water partition coefficient (Wildman–Crippen LogP) is 3.97. The Morgan fingerprint density at radius 2 is 2.17 bits per heavy atom. The summed E-state index contributed by atoms with van der Waals surface area (Å²) in [5.74, 6) is 0. The number of thioether (sulfide) groups is 1. The van der Waals surface area contributed by atoms with Gasteiger partial charge in [0.2, 0.25) is 0 Å². The summed E-state index contributed by atoms with van der Waals surface area (Å²) >= 11 is 6.95. The Kier molecular flexibility index (Phi) is 3.31. The fourth-order valence-corrected chi connectivity index (χ4v) is 2.57. The van der Waals surface area contributed by atoms with Crippen molar-refractivity contribution in [1.29, 1.82) is 0 Å². The van der Waals surface area contributed by atoms with Gasteiger partial charge in [-0.2, -0.15) is 13.2 Å². The normalized spacial score (nSPS) is 14.7. The van der Waals surface area contributed by atoms with Crippen LogP contribution >= 0.6 is 34.7 Å². The van der Waals surface area contributed by atoms with Crippen molar-refractivity contribution < 1.29 is 13.2 Å². The lowest BCUT2D eigenvalue weighted by Gasteiger charge is -2.11. The average Bonchev–Trinajstić information content (AvgIpc) is 2.37. The van der Waals surface area contributed by atoms with Crippen molar-refractivity contribution in [3.05, 3.63) is 17.5 Å². The molecule has 0 nitrogen and oxygen atoms in total. The van der Waals surface area contributed by atoms with Crippen molar-refractivity contribution in [3.63, 3.8) is 0 Å². The zero-order chi connectivity index (χ0) is 9.19. The Labute approximate surface area is 80.7 Å². The first-order valence-electron chi connectivity index (χ1n) is 2.91. The third-order valence-electron chi connectivity index (χ3n) is 0.972. The van der Waals surface area contributed by atoms with Gasteiger partial charge in [-0.3, -0.25) is 0 Å². The number of alkyl halides is 4. The van der Waals surface area contributed by atoms with E-state index in [1.165, 1.54) is 11.3 Å². The topological polar surface area (TPSA) is 0 Å². The van der Waals surface area contributed by atoms with Gasteiger partial charge in [0.05, 0.1) is 4.21 Å². The van der Waals surface area contributed by atoms with Gasteiger partial charge in [0.25, 0.3) is 0 Å². The molecule has 0 aliphatic rings. The van der Waals surface area contributed by atoms with Crippen LogP contribution in [0.4, 0.5) is 13.2 Å². The van der Waals surface area contributed by atoms with E-state index in [-0.39, 0.29) is 0 Å². The standard InChI is InChI=1S/C6H4ClF3S2/c7-5(6(8,9)10)12-4-2-1-3-11-4/h1-3,5H. The van der Waals surface area contributed by atoms with Gasteiger partial charge in [-0.05, 0) is 11.4 Å². The van der Waals surface area contributed by atoms with Gasteiger partial charge in [-0.1, -0.05) is 17.8 Å². The van der Waals surface area contributed by atoms with E-state index in [1.54, 1.807) is 17.5 Å². The molecule has 0 radical (unpaired) electrons. The summed E-state index contributed by atoms with van der Waals surface area (Å²) in [6.45, 7) is 0. The van der Waals surface area contributed by atoms with Crippen LogP contribution in [-0.2, 0) is 0 Å². The molecule has 1 aromatic heterocycles. The second kappa shape index (κ2) is 3.89. The van der Waals surface area contributed by atoms with Crippen LogP contribution < -0.4 is 0 Å². The molecular formula is C6H4ClF3S2. The van der Waals surface area contributed by atoms with Crippen LogP contribution in [-0.4, -0.2) is 10.9 Å². The van der Waals surface area contributed by atoms with Crippen LogP contribution in [0.5, 0.6) is 0 Å². The van der Waals surface area contributed by atoms with E-state index in [4.69, 9.17) is 11.6 Å². The maximum absolute atomic E-state index is 11.9. The zero-order valence-corrected chi connectivity index (χ0v) is 8.03. The molecule has 0 spiro atoms. The zero-order valence-electron chi connectivity index (χ0n) is 5.64. The molecule has 0 aliphatic carbocycles. The molecule has 0 aliphatic heterocycles. The van der Waals surface area contributed by atoms with Gasteiger partial charge < -0.3 is 0 Å². The summed E-state index contributed by atoms with van der Waals surface area (Å²) < 4.78 is 34.4. The minimum Gasteiger partial charge on any atom is -0.168 e. The van der Waals surface area contributed by atoms with E-state index >= 15 is 0 Å². The molecule has 0 N–H and O–H groups in total. The summed E-state index contributed by atoms with van der Waals surface area (Å²) in [4.78, 5) is 0. The summed E-state index contributed by atoms with van der Waals surface area (Å²) in [6.07, 6.45) is -4.34. The molecule has 0 saturated carbocycles. The fourth-order valence-electron chi connectivity index (χ4n) is 0.499. The molecule has 1 unspecified atom stereocenters. The van der Waals surface area contributed by atoms with Gasteiger partial charge in [0, 0.05) is 0 Å².